The number of hydrogen-bond donors (Lipinski definition) is 0. The summed E-state index contributed by atoms with van der Waals surface area (Å²) in [5.74, 6) is -0.126. The number of hydrogen-bond acceptors (Lipinski definition) is 3. The van der Waals surface area contributed by atoms with Crippen LogP contribution in [-0.2, 0) is 0 Å². The smallest absolute Gasteiger partial charge is 0.165 e. The molecule has 0 N–H and O–H groups in total. The van der Waals surface area contributed by atoms with Crippen LogP contribution in [-0.4, -0.2) is 17.9 Å². The van der Waals surface area contributed by atoms with Gasteiger partial charge < -0.3 is 4.74 Å². The summed E-state index contributed by atoms with van der Waals surface area (Å²) in [5, 5.41) is 0. The molecule has 0 aliphatic rings. The SMILES string of the molecule is CCCCCCOc1ccc(-c2ccc(C=O)cn2)cc1F. The van der Waals surface area contributed by atoms with Crippen LogP contribution >= 0.6 is 0 Å². The van der Waals surface area contributed by atoms with Gasteiger partial charge in [0.1, 0.15) is 0 Å². The van der Waals surface area contributed by atoms with Crippen LogP contribution in [0, 0.1) is 5.82 Å². The van der Waals surface area contributed by atoms with Gasteiger partial charge in [-0.2, -0.15) is 0 Å². The van der Waals surface area contributed by atoms with Crippen LogP contribution in [0.1, 0.15) is 43.0 Å². The molecule has 1 aromatic carbocycles. The zero-order valence-electron chi connectivity index (χ0n) is 12.7. The second kappa shape index (κ2) is 8.27. The predicted molar refractivity (Wildman–Crippen MR) is 84.7 cm³/mol. The summed E-state index contributed by atoms with van der Waals surface area (Å²) in [4.78, 5) is 14.8. The van der Waals surface area contributed by atoms with E-state index in [9.17, 15) is 9.18 Å². The lowest BCUT2D eigenvalue weighted by Crippen LogP contribution is -1.99. The van der Waals surface area contributed by atoms with Crippen molar-refractivity contribution in [3.05, 3.63) is 47.9 Å². The maximum Gasteiger partial charge on any atom is 0.165 e. The predicted octanol–water partition coefficient (Wildman–Crippen LogP) is 4.66. The van der Waals surface area contributed by atoms with Crippen molar-refractivity contribution >= 4 is 6.29 Å². The number of aromatic nitrogens is 1. The summed E-state index contributed by atoms with van der Waals surface area (Å²) in [5.41, 5.74) is 1.78. The Morgan fingerprint density at radius 3 is 2.68 bits per heavy atom. The number of rotatable bonds is 8. The van der Waals surface area contributed by atoms with Crippen LogP contribution in [0.25, 0.3) is 11.3 Å². The van der Waals surface area contributed by atoms with E-state index in [4.69, 9.17) is 4.74 Å². The summed E-state index contributed by atoms with van der Waals surface area (Å²) in [7, 11) is 0. The van der Waals surface area contributed by atoms with E-state index in [1.807, 2.05) is 0 Å². The molecule has 0 atom stereocenters. The van der Waals surface area contributed by atoms with Crippen LogP contribution < -0.4 is 4.74 Å². The van der Waals surface area contributed by atoms with Gasteiger partial charge in [0.15, 0.2) is 17.9 Å². The van der Waals surface area contributed by atoms with E-state index in [-0.39, 0.29) is 5.75 Å². The lowest BCUT2D eigenvalue weighted by Gasteiger charge is -2.08. The van der Waals surface area contributed by atoms with E-state index in [1.54, 1.807) is 24.3 Å². The number of ether oxygens (including phenoxy) is 1. The Morgan fingerprint density at radius 2 is 2.05 bits per heavy atom. The van der Waals surface area contributed by atoms with Gasteiger partial charge in [-0.15, -0.1) is 0 Å². The number of pyridine rings is 1. The number of nitrogens with zero attached hydrogens (tertiary/aromatic N) is 1. The molecule has 0 aliphatic heterocycles. The minimum atomic E-state index is -0.394. The number of carbonyl (C=O) groups excluding carboxylic acids is 1. The Balaban J connectivity index is 2.00. The second-order valence-corrected chi connectivity index (χ2v) is 5.15. The molecule has 2 aromatic rings. The zero-order chi connectivity index (χ0) is 15.8. The molecule has 0 spiro atoms. The fourth-order valence-electron chi connectivity index (χ4n) is 2.13. The highest BCUT2D eigenvalue weighted by Crippen LogP contribution is 2.24. The molecule has 22 heavy (non-hydrogen) atoms. The van der Waals surface area contributed by atoms with E-state index in [0.717, 1.165) is 19.1 Å². The molecule has 0 radical (unpaired) electrons. The van der Waals surface area contributed by atoms with Crippen molar-refractivity contribution in [3.63, 3.8) is 0 Å². The first kappa shape index (κ1) is 16.1. The Morgan fingerprint density at radius 1 is 1.18 bits per heavy atom. The average molecular weight is 301 g/mol. The normalized spacial score (nSPS) is 10.5. The molecule has 116 valence electrons. The van der Waals surface area contributed by atoms with Gasteiger partial charge in [-0.25, -0.2) is 4.39 Å². The summed E-state index contributed by atoms with van der Waals surface area (Å²) in [6.07, 6.45) is 6.57. The summed E-state index contributed by atoms with van der Waals surface area (Å²) >= 11 is 0. The summed E-state index contributed by atoms with van der Waals surface area (Å²) in [6.45, 7) is 2.68. The molecule has 1 aromatic heterocycles. The Hall–Kier alpha value is -2.23. The molecular formula is C18H20FNO2. The molecule has 0 saturated carbocycles. The quantitative estimate of drug-likeness (QED) is 0.526. The molecule has 0 fully saturated rings. The van der Waals surface area contributed by atoms with Crippen molar-refractivity contribution in [2.75, 3.05) is 6.61 Å². The van der Waals surface area contributed by atoms with Gasteiger partial charge in [-0.05, 0) is 36.8 Å². The van der Waals surface area contributed by atoms with Crippen molar-refractivity contribution in [2.24, 2.45) is 0 Å². The lowest BCUT2D eigenvalue weighted by atomic mass is 10.1. The standard InChI is InChI=1S/C18H20FNO2/c1-2-3-4-5-10-22-18-9-7-15(11-16(18)19)17-8-6-14(13-21)12-20-17/h6-9,11-13H,2-5,10H2,1H3. The van der Waals surface area contributed by atoms with Crippen molar-refractivity contribution in [1.29, 1.82) is 0 Å². The van der Waals surface area contributed by atoms with Gasteiger partial charge in [0, 0.05) is 17.3 Å². The summed E-state index contributed by atoms with van der Waals surface area (Å²) in [6, 6.07) is 8.16. The fourth-order valence-corrected chi connectivity index (χ4v) is 2.13. The van der Waals surface area contributed by atoms with Crippen molar-refractivity contribution in [2.45, 2.75) is 32.6 Å². The van der Waals surface area contributed by atoms with Crippen molar-refractivity contribution < 1.29 is 13.9 Å². The number of aldehydes is 1. The maximum absolute atomic E-state index is 14.0. The number of carbonyl (C=O) groups is 1. The highest BCUT2D eigenvalue weighted by atomic mass is 19.1. The second-order valence-electron chi connectivity index (χ2n) is 5.15. The third kappa shape index (κ3) is 4.38. The molecule has 4 heteroatoms. The minimum Gasteiger partial charge on any atom is -0.491 e. The lowest BCUT2D eigenvalue weighted by molar-refractivity contribution is 0.112. The first-order valence-corrected chi connectivity index (χ1v) is 7.58. The van der Waals surface area contributed by atoms with E-state index < -0.39 is 5.82 Å². The monoisotopic (exact) mass is 301 g/mol. The van der Waals surface area contributed by atoms with E-state index in [0.29, 0.717) is 23.4 Å². The van der Waals surface area contributed by atoms with Crippen LogP contribution in [0.5, 0.6) is 5.75 Å². The molecule has 3 nitrogen and oxygen atoms in total. The fraction of sp³-hybridized carbons (Fsp3) is 0.333. The number of halogens is 1. The van der Waals surface area contributed by atoms with E-state index >= 15 is 0 Å². The molecule has 0 saturated heterocycles. The third-order valence-electron chi connectivity index (χ3n) is 3.41. The first-order valence-electron chi connectivity index (χ1n) is 7.58. The Labute approximate surface area is 130 Å². The van der Waals surface area contributed by atoms with Crippen LogP contribution in [0.2, 0.25) is 0 Å². The van der Waals surface area contributed by atoms with Gasteiger partial charge in [0.2, 0.25) is 0 Å². The first-order chi connectivity index (χ1) is 10.7. The van der Waals surface area contributed by atoms with Gasteiger partial charge in [0.05, 0.1) is 12.3 Å². The van der Waals surface area contributed by atoms with E-state index in [2.05, 4.69) is 11.9 Å². The highest BCUT2D eigenvalue weighted by Gasteiger charge is 2.07. The molecular weight excluding hydrogens is 281 g/mol. The van der Waals surface area contributed by atoms with Crippen LogP contribution in [0.4, 0.5) is 4.39 Å². The molecule has 0 amide bonds. The van der Waals surface area contributed by atoms with Gasteiger partial charge in [-0.3, -0.25) is 9.78 Å². The van der Waals surface area contributed by atoms with Gasteiger partial charge >= 0.3 is 0 Å². The van der Waals surface area contributed by atoms with Crippen molar-refractivity contribution in [3.8, 4) is 17.0 Å². The maximum atomic E-state index is 14.0. The summed E-state index contributed by atoms with van der Waals surface area (Å²) < 4.78 is 19.5. The minimum absolute atomic E-state index is 0.268. The topological polar surface area (TPSA) is 39.2 Å². The average Bonchev–Trinajstić information content (AvgIpc) is 2.56. The Bertz CT molecular complexity index is 611. The largest absolute Gasteiger partial charge is 0.491 e. The molecule has 2 rings (SSSR count). The van der Waals surface area contributed by atoms with Gasteiger partial charge in [0.25, 0.3) is 0 Å². The van der Waals surface area contributed by atoms with Crippen LogP contribution in [0.3, 0.4) is 0 Å². The van der Waals surface area contributed by atoms with Gasteiger partial charge in [-0.1, -0.05) is 26.2 Å². The van der Waals surface area contributed by atoms with E-state index in [1.165, 1.54) is 25.1 Å². The number of benzene rings is 1. The molecule has 0 unspecified atom stereocenters. The number of unbranched alkanes of at least 4 members (excludes halogenated alkanes) is 3. The zero-order valence-corrected chi connectivity index (χ0v) is 12.7. The van der Waals surface area contributed by atoms with Crippen molar-refractivity contribution in [1.82, 2.24) is 4.98 Å². The Kier molecular flexibility index (Phi) is 6.07. The highest BCUT2D eigenvalue weighted by molar-refractivity contribution is 5.75. The molecule has 1 heterocycles. The third-order valence-corrected chi connectivity index (χ3v) is 3.41. The molecule has 0 aliphatic carbocycles. The van der Waals surface area contributed by atoms with Crippen LogP contribution in [0.15, 0.2) is 36.5 Å². The molecule has 0 bridgehead atoms.